The fourth-order valence-corrected chi connectivity index (χ4v) is 5.72. The van der Waals surface area contributed by atoms with Gasteiger partial charge < -0.3 is 10.0 Å². The molecule has 4 rings (SSSR count). The molecule has 1 aliphatic heterocycles. The molecule has 136 valence electrons. The van der Waals surface area contributed by atoms with Crippen molar-refractivity contribution >= 4 is 38.8 Å². The van der Waals surface area contributed by atoms with Gasteiger partial charge in [0.05, 0.1) is 21.3 Å². The Morgan fingerprint density at radius 1 is 1.35 bits per heavy atom. The standard InChI is InChI=1S/C20H22N2O2S2/c1-13-9-11-25-20(13)14-8-10-22(12-16(14)23)19(24)7-6-18-21-15-4-2-3-5-17(15)26-18/h2-5,9,11,14,16,23H,6-8,10,12H2,1H3/t14-,16-/m1/s1. The fraction of sp³-hybridized carbons (Fsp3) is 0.400. The summed E-state index contributed by atoms with van der Waals surface area (Å²) >= 11 is 3.37. The van der Waals surface area contributed by atoms with E-state index in [4.69, 9.17) is 0 Å². The van der Waals surface area contributed by atoms with Gasteiger partial charge in [-0.2, -0.15) is 0 Å². The number of amides is 1. The lowest BCUT2D eigenvalue weighted by Gasteiger charge is -2.36. The maximum atomic E-state index is 12.6. The lowest BCUT2D eigenvalue weighted by atomic mass is 9.90. The van der Waals surface area contributed by atoms with Crippen molar-refractivity contribution in [1.82, 2.24) is 9.88 Å². The number of likely N-dealkylation sites (tertiary alicyclic amines) is 1. The summed E-state index contributed by atoms with van der Waals surface area (Å²) in [6.45, 7) is 3.24. The Kier molecular flexibility index (Phi) is 5.07. The molecule has 0 bridgehead atoms. The highest BCUT2D eigenvalue weighted by atomic mass is 32.1. The number of carbonyl (C=O) groups is 1. The summed E-state index contributed by atoms with van der Waals surface area (Å²) in [5.41, 5.74) is 2.25. The number of aromatic nitrogens is 1. The second-order valence-corrected chi connectivity index (χ2v) is 8.91. The van der Waals surface area contributed by atoms with E-state index < -0.39 is 6.10 Å². The van der Waals surface area contributed by atoms with Crippen molar-refractivity contribution in [3.8, 4) is 0 Å². The summed E-state index contributed by atoms with van der Waals surface area (Å²) in [6.07, 6.45) is 1.47. The van der Waals surface area contributed by atoms with Crippen molar-refractivity contribution in [3.63, 3.8) is 0 Å². The molecule has 1 fully saturated rings. The largest absolute Gasteiger partial charge is 0.391 e. The van der Waals surface area contributed by atoms with E-state index in [1.165, 1.54) is 10.4 Å². The van der Waals surface area contributed by atoms with Gasteiger partial charge in [-0.05, 0) is 42.5 Å². The van der Waals surface area contributed by atoms with Gasteiger partial charge >= 0.3 is 0 Å². The first-order chi connectivity index (χ1) is 12.6. The lowest BCUT2D eigenvalue weighted by molar-refractivity contribution is -0.134. The molecule has 2 aromatic heterocycles. The summed E-state index contributed by atoms with van der Waals surface area (Å²) in [6, 6.07) is 10.2. The van der Waals surface area contributed by atoms with E-state index in [0.29, 0.717) is 19.4 Å². The molecule has 1 saturated heterocycles. The molecule has 1 aliphatic rings. The van der Waals surface area contributed by atoms with E-state index in [0.717, 1.165) is 28.2 Å². The Hall–Kier alpha value is -1.76. The Morgan fingerprint density at radius 3 is 2.92 bits per heavy atom. The summed E-state index contributed by atoms with van der Waals surface area (Å²) < 4.78 is 1.16. The highest BCUT2D eigenvalue weighted by Gasteiger charge is 2.32. The first-order valence-electron chi connectivity index (χ1n) is 8.96. The molecular weight excluding hydrogens is 364 g/mol. The van der Waals surface area contributed by atoms with Crippen LogP contribution in [-0.4, -0.2) is 40.1 Å². The number of benzene rings is 1. The number of β-amino-alcohol motifs (C(OH)–C–C–N with tert-alkyl or cyclic N) is 1. The SMILES string of the molecule is Cc1ccsc1[C@@H]1CCN(C(=O)CCc2nc3ccccc3s2)C[C@H]1O. The van der Waals surface area contributed by atoms with Gasteiger partial charge in [0.25, 0.3) is 0 Å². The van der Waals surface area contributed by atoms with Gasteiger partial charge in [-0.25, -0.2) is 4.98 Å². The number of thiazole rings is 1. The predicted octanol–water partition coefficient (Wildman–Crippen LogP) is 3.98. The van der Waals surface area contributed by atoms with E-state index in [-0.39, 0.29) is 11.8 Å². The van der Waals surface area contributed by atoms with Crippen LogP contribution < -0.4 is 0 Å². The molecule has 4 nitrogen and oxygen atoms in total. The molecule has 2 atom stereocenters. The van der Waals surface area contributed by atoms with Gasteiger partial charge in [-0.1, -0.05) is 12.1 Å². The molecule has 1 amide bonds. The topological polar surface area (TPSA) is 53.4 Å². The molecule has 26 heavy (non-hydrogen) atoms. The average Bonchev–Trinajstić information content (AvgIpc) is 3.25. The second kappa shape index (κ2) is 7.47. The van der Waals surface area contributed by atoms with Crippen LogP contribution >= 0.6 is 22.7 Å². The highest BCUT2D eigenvalue weighted by Crippen LogP contribution is 2.34. The highest BCUT2D eigenvalue weighted by molar-refractivity contribution is 7.18. The monoisotopic (exact) mass is 386 g/mol. The van der Waals surface area contributed by atoms with Crippen molar-refractivity contribution in [2.24, 2.45) is 0 Å². The normalized spacial score (nSPS) is 20.6. The third-order valence-electron chi connectivity index (χ3n) is 5.06. The van der Waals surface area contributed by atoms with Gasteiger partial charge in [-0.3, -0.25) is 4.79 Å². The summed E-state index contributed by atoms with van der Waals surface area (Å²) in [4.78, 5) is 20.3. The van der Waals surface area contributed by atoms with Gasteiger partial charge in [0, 0.05) is 36.7 Å². The van der Waals surface area contributed by atoms with Gasteiger partial charge in [0.1, 0.15) is 0 Å². The summed E-state index contributed by atoms with van der Waals surface area (Å²) in [7, 11) is 0. The molecule has 3 heterocycles. The van der Waals surface area contributed by atoms with Crippen molar-refractivity contribution in [1.29, 1.82) is 0 Å². The molecule has 0 saturated carbocycles. The van der Waals surface area contributed by atoms with Crippen LogP contribution in [0.2, 0.25) is 0 Å². The predicted molar refractivity (Wildman–Crippen MR) is 107 cm³/mol. The number of hydrogen-bond acceptors (Lipinski definition) is 5. The minimum Gasteiger partial charge on any atom is -0.391 e. The number of fused-ring (bicyclic) bond motifs is 1. The van der Waals surface area contributed by atoms with Crippen LogP contribution in [0.1, 0.15) is 34.2 Å². The summed E-state index contributed by atoms with van der Waals surface area (Å²) in [5.74, 6) is 0.271. The number of nitrogens with zero attached hydrogens (tertiary/aromatic N) is 2. The third kappa shape index (κ3) is 3.54. The summed E-state index contributed by atoms with van der Waals surface area (Å²) in [5, 5.41) is 13.6. The average molecular weight is 387 g/mol. The van der Waals surface area contributed by atoms with Crippen molar-refractivity contribution in [3.05, 3.63) is 51.2 Å². The smallest absolute Gasteiger partial charge is 0.223 e. The zero-order chi connectivity index (χ0) is 18.1. The number of carbonyl (C=O) groups excluding carboxylic acids is 1. The third-order valence-corrected chi connectivity index (χ3v) is 7.31. The molecule has 6 heteroatoms. The van der Waals surface area contributed by atoms with E-state index in [1.807, 2.05) is 23.1 Å². The van der Waals surface area contributed by atoms with Crippen LogP contribution in [0.25, 0.3) is 10.2 Å². The van der Waals surface area contributed by atoms with Crippen LogP contribution in [0.5, 0.6) is 0 Å². The van der Waals surface area contributed by atoms with Crippen LogP contribution in [0.15, 0.2) is 35.7 Å². The number of aliphatic hydroxyl groups is 1. The molecule has 0 unspecified atom stereocenters. The quantitative estimate of drug-likeness (QED) is 0.738. The Bertz CT molecular complexity index is 884. The number of thiophene rings is 1. The van der Waals surface area contributed by atoms with Gasteiger partial charge in [-0.15, -0.1) is 22.7 Å². The van der Waals surface area contributed by atoms with Crippen LogP contribution in [0, 0.1) is 6.92 Å². The molecular formula is C20H22N2O2S2. The molecule has 0 radical (unpaired) electrons. The van der Waals surface area contributed by atoms with Crippen LogP contribution in [0.4, 0.5) is 0 Å². The van der Waals surface area contributed by atoms with E-state index in [1.54, 1.807) is 22.7 Å². The molecule has 0 spiro atoms. The van der Waals surface area contributed by atoms with Crippen molar-refractivity contribution in [2.45, 2.75) is 38.2 Å². The van der Waals surface area contributed by atoms with Crippen molar-refractivity contribution < 1.29 is 9.90 Å². The fourth-order valence-electron chi connectivity index (χ4n) is 3.63. The number of para-hydroxylation sites is 1. The molecule has 0 aliphatic carbocycles. The number of rotatable bonds is 4. The van der Waals surface area contributed by atoms with Crippen LogP contribution in [0.3, 0.4) is 0 Å². The number of piperidine rings is 1. The second-order valence-electron chi connectivity index (χ2n) is 6.85. The van der Waals surface area contributed by atoms with E-state index in [2.05, 4.69) is 29.4 Å². The molecule has 1 aromatic carbocycles. The Balaban J connectivity index is 1.35. The zero-order valence-electron chi connectivity index (χ0n) is 14.7. The number of aryl methyl sites for hydroxylation is 2. The minimum atomic E-state index is -0.479. The molecule has 1 N–H and O–H groups in total. The molecule has 3 aromatic rings. The lowest BCUT2D eigenvalue weighted by Crippen LogP contribution is -2.45. The maximum Gasteiger partial charge on any atom is 0.223 e. The van der Waals surface area contributed by atoms with Gasteiger partial charge in [0.2, 0.25) is 5.91 Å². The van der Waals surface area contributed by atoms with Gasteiger partial charge in [0.15, 0.2) is 0 Å². The van der Waals surface area contributed by atoms with Crippen molar-refractivity contribution in [2.75, 3.05) is 13.1 Å². The Labute approximate surface area is 161 Å². The zero-order valence-corrected chi connectivity index (χ0v) is 16.4. The Morgan fingerprint density at radius 2 is 2.19 bits per heavy atom. The van der Waals surface area contributed by atoms with E-state index >= 15 is 0 Å². The maximum absolute atomic E-state index is 12.6. The van der Waals surface area contributed by atoms with E-state index in [9.17, 15) is 9.90 Å². The minimum absolute atomic E-state index is 0.115. The number of hydrogen-bond donors (Lipinski definition) is 1. The first-order valence-corrected chi connectivity index (χ1v) is 10.7. The first kappa shape index (κ1) is 17.6. The van der Waals surface area contributed by atoms with Crippen LogP contribution in [-0.2, 0) is 11.2 Å². The number of aliphatic hydroxyl groups excluding tert-OH is 1.